The molecule has 2 aromatic heterocycles. The van der Waals surface area contributed by atoms with E-state index in [9.17, 15) is 4.57 Å². The van der Waals surface area contributed by atoms with Crippen molar-refractivity contribution in [3.05, 3.63) is 43.0 Å². The first kappa shape index (κ1) is 24.6. The molecule has 3 N–H and O–H groups in total. The number of benzene rings is 1. The lowest BCUT2D eigenvalue weighted by Gasteiger charge is -2.29. The highest BCUT2D eigenvalue weighted by Crippen LogP contribution is 2.44. The maximum Gasteiger partial charge on any atom is 0.342 e. The van der Waals surface area contributed by atoms with Crippen molar-refractivity contribution in [2.45, 2.75) is 51.7 Å². The molecule has 1 aromatic carbocycles. The Kier molecular flexibility index (Phi) is 8.12. The highest BCUT2D eigenvalue weighted by Gasteiger charge is 2.33. The van der Waals surface area contributed by atoms with Gasteiger partial charge in [0.15, 0.2) is 17.8 Å². The summed E-state index contributed by atoms with van der Waals surface area (Å²) in [6.07, 6.45) is 3.91. The average molecular weight is 491 g/mol. The van der Waals surface area contributed by atoms with Crippen molar-refractivity contribution >= 4 is 24.5 Å². The molecule has 3 aromatic rings. The van der Waals surface area contributed by atoms with Gasteiger partial charge in [0.05, 0.1) is 25.0 Å². The first-order valence-electron chi connectivity index (χ1n) is 11.3. The fraction of sp³-hybridized carbons (Fsp3) is 0.500. The molecule has 1 aliphatic heterocycles. The van der Waals surface area contributed by atoms with Gasteiger partial charge in [0.2, 0.25) is 0 Å². The van der Waals surface area contributed by atoms with Crippen LogP contribution in [0.3, 0.4) is 0 Å². The second-order valence-corrected chi connectivity index (χ2v) is 10.3. The van der Waals surface area contributed by atoms with Gasteiger partial charge in [-0.15, -0.1) is 0 Å². The minimum absolute atomic E-state index is 0.149. The Morgan fingerprint density at radius 2 is 1.91 bits per heavy atom. The van der Waals surface area contributed by atoms with E-state index in [1.807, 2.05) is 36.6 Å². The van der Waals surface area contributed by atoms with Crippen LogP contribution in [0.1, 0.15) is 26.7 Å². The Morgan fingerprint density at radius 1 is 1.18 bits per heavy atom. The predicted octanol–water partition coefficient (Wildman–Crippen LogP) is 3.17. The third-order valence-electron chi connectivity index (χ3n) is 5.32. The molecule has 1 aliphatic rings. The molecule has 3 atom stereocenters. The summed E-state index contributed by atoms with van der Waals surface area (Å²) in [5, 5.41) is 3.09. The topological polar surface area (TPSA) is 136 Å². The minimum Gasteiger partial charge on any atom is -0.431 e. The number of imidazole rings is 1. The molecule has 0 radical (unpaired) electrons. The molecule has 1 fully saturated rings. The zero-order valence-electron chi connectivity index (χ0n) is 19.4. The number of nitrogen functional groups attached to an aromatic ring is 1. The normalized spacial score (nSPS) is 18.8. The lowest BCUT2D eigenvalue weighted by atomic mass is 10.3. The second-order valence-electron chi connectivity index (χ2n) is 8.25. The van der Waals surface area contributed by atoms with Crippen LogP contribution in [0, 0.1) is 0 Å². The number of anilines is 1. The lowest BCUT2D eigenvalue weighted by molar-refractivity contribution is -0.138. The van der Waals surface area contributed by atoms with Crippen LogP contribution in [-0.2, 0) is 25.3 Å². The number of nitrogens with two attached hydrogens (primary N) is 1. The van der Waals surface area contributed by atoms with Crippen LogP contribution in [-0.4, -0.2) is 57.5 Å². The first-order chi connectivity index (χ1) is 16.4. The van der Waals surface area contributed by atoms with Gasteiger partial charge in [0.1, 0.15) is 23.9 Å². The number of hydrogen-bond acceptors (Lipinski definition) is 9. The number of ether oxygens (including phenoxy) is 3. The van der Waals surface area contributed by atoms with Gasteiger partial charge < -0.3 is 29.0 Å². The van der Waals surface area contributed by atoms with E-state index in [1.165, 1.54) is 6.33 Å². The van der Waals surface area contributed by atoms with Crippen LogP contribution in [0.5, 0.6) is 5.75 Å². The molecule has 1 unspecified atom stereocenters. The second kappa shape index (κ2) is 11.2. The first-order valence-corrected chi connectivity index (χ1v) is 13.1. The summed E-state index contributed by atoms with van der Waals surface area (Å²) in [6.45, 7) is 5.37. The molecule has 0 bridgehead atoms. The van der Waals surface area contributed by atoms with Crippen LogP contribution >= 0.6 is 7.52 Å². The molecule has 3 heterocycles. The molecule has 0 aliphatic carbocycles. The molecule has 184 valence electrons. The van der Waals surface area contributed by atoms with Crippen LogP contribution in [0.25, 0.3) is 11.2 Å². The quantitative estimate of drug-likeness (QED) is 0.408. The third-order valence-corrected chi connectivity index (χ3v) is 7.12. The van der Waals surface area contributed by atoms with E-state index in [0.717, 1.165) is 12.8 Å². The van der Waals surface area contributed by atoms with Crippen LogP contribution in [0.4, 0.5) is 5.82 Å². The van der Waals surface area contributed by atoms with Gasteiger partial charge in [-0.1, -0.05) is 18.2 Å². The number of fused-ring (bicyclic) bond motifs is 1. The number of rotatable bonds is 10. The summed E-state index contributed by atoms with van der Waals surface area (Å²) in [4.78, 5) is 12.5. The Morgan fingerprint density at radius 3 is 2.65 bits per heavy atom. The molecule has 0 spiro atoms. The van der Waals surface area contributed by atoms with Crippen molar-refractivity contribution in [1.29, 1.82) is 0 Å². The predicted molar refractivity (Wildman–Crippen MR) is 127 cm³/mol. The Labute approximate surface area is 198 Å². The zero-order chi connectivity index (χ0) is 24.0. The minimum atomic E-state index is -3.48. The Bertz CT molecular complexity index is 1110. The van der Waals surface area contributed by atoms with Crippen molar-refractivity contribution in [3.63, 3.8) is 0 Å². The number of nitrogens with zero attached hydrogens (tertiary/aromatic N) is 4. The lowest BCUT2D eigenvalue weighted by Crippen LogP contribution is -2.40. The third kappa shape index (κ3) is 6.31. The fourth-order valence-corrected chi connectivity index (χ4v) is 5.48. The van der Waals surface area contributed by atoms with Gasteiger partial charge in [0.25, 0.3) is 0 Å². The summed E-state index contributed by atoms with van der Waals surface area (Å²) in [5.74, 6) is 0.802. The van der Waals surface area contributed by atoms with Gasteiger partial charge in [0, 0.05) is 13.2 Å². The van der Waals surface area contributed by atoms with Gasteiger partial charge in [-0.25, -0.2) is 20.0 Å². The van der Waals surface area contributed by atoms with E-state index in [4.69, 9.17) is 24.5 Å². The largest absolute Gasteiger partial charge is 0.431 e. The van der Waals surface area contributed by atoms with E-state index < -0.39 is 13.8 Å². The van der Waals surface area contributed by atoms with Crippen LogP contribution < -0.4 is 15.3 Å². The number of nitrogens with one attached hydrogen (secondary N) is 1. The molecule has 11 nitrogen and oxygen atoms in total. The average Bonchev–Trinajstić information content (AvgIpc) is 3.04. The van der Waals surface area contributed by atoms with Crippen LogP contribution in [0.2, 0.25) is 0 Å². The molecule has 12 heteroatoms. The molecule has 0 saturated carbocycles. The number of para-hydroxylation sites is 1. The molecule has 4 rings (SSSR count). The van der Waals surface area contributed by atoms with Crippen molar-refractivity contribution in [3.8, 4) is 5.75 Å². The van der Waals surface area contributed by atoms with E-state index >= 15 is 0 Å². The molecule has 34 heavy (non-hydrogen) atoms. The van der Waals surface area contributed by atoms with Gasteiger partial charge in [-0.05, 0) is 38.8 Å². The van der Waals surface area contributed by atoms with Crippen molar-refractivity contribution < 1.29 is 23.3 Å². The standard InChI is InChI=1S/C22H31N6O5P/c1-16(12-28-14-26-19-20(23)24-13-25-21(19)28)32-15-34(29,33-18-8-4-3-5-9-18)27-17(2)22-30-10-6-7-11-31-22/h3-5,8-9,13-14,16-17,22H,6-7,10-12,15H2,1-2H3,(H,27,29)(H2,23,24,25)/t16-,17-,34?/m1/s1. The summed E-state index contributed by atoms with van der Waals surface area (Å²) >= 11 is 0. The smallest absolute Gasteiger partial charge is 0.342 e. The van der Waals surface area contributed by atoms with Crippen molar-refractivity contribution in [2.24, 2.45) is 0 Å². The SMILES string of the molecule is C[C@H](Cn1cnc2c(N)ncnc21)OCP(=O)(N[C@H](C)C1OCCCCO1)Oc1ccccc1. The summed E-state index contributed by atoms with van der Waals surface area (Å²) in [7, 11) is -3.48. The number of aromatic nitrogens is 4. The Balaban J connectivity index is 1.43. The maximum absolute atomic E-state index is 13.9. The van der Waals surface area contributed by atoms with Crippen molar-refractivity contribution in [1.82, 2.24) is 24.6 Å². The molecular weight excluding hydrogens is 459 g/mol. The van der Waals surface area contributed by atoms with E-state index in [2.05, 4.69) is 20.0 Å². The maximum atomic E-state index is 13.9. The zero-order valence-corrected chi connectivity index (χ0v) is 20.3. The van der Waals surface area contributed by atoms with Gasteiger partial charge >= 0.3 is 7.52 Å². The summed E-state index contributed by atoms with van der Waals surface area (Å²) in [6, 6.07) is 8.64. The number of hydrogen-bond donors (Lipinski definition) is 2. The molecule has 1 saturated heterocycles. The van der Waals surface area contributed by atoms with Crippen molar-refractivity contribution in [2.75, 3.05) is 25.3 Å². The van der Waals surface area contributed by atoms with E-state index in [1.54, 1.807) is 18.5 Å². The molecular formula is C22H31N6O5P. The highest BCUT2D eigenvalue weighted by molar-refractivity contribution is 7.57. The van der Waals surface area contributed by atoms with Gasteiger partial charge in [-0.2, -0.15) is 0 Å². The Hall–Kier alpha value is -2.56. The monoisotopic (exact) mass is 490 g/mol. The fourth-order valence-electron chi connectivity index (χ4n) is 3.64. The van der Waals surface area contributed by atoms with E-state index in [0.29, 0.717) is 42.5 Å². The van der Waals surface area contributed by atoms with Crippen LogP contribution in [0.15, 0.2) is 43.0 Å². The summed E-state index contributed by atoms with van der Waals surface area (Å²) < 4.78 is 39.1. The summed E-state index contributed by atoms with van der Waals surface area (Å²) in [5.41, 5.74) is 7.01. The van der Waals surface area contributed by atoms with Gasteiger partial charge in [-0.3, -0.25) is 4.57 Å². The molecule has 0 amide bonds. The highest BCUT2D eigenvalue weighted by atomic mass is 31.2. The van der Waals surface area contributed by atoms with E-state index in [-0.39, 0.29) is 18.5 Å².